The summed E-state index contributed by atoms with van der Waals surface area (Å²) in [5.74, 6) is -1.46. The summed E-state index contributed by atoms with van der Waals surface area (Å²) in [6.45, 7) is 3.73. The van der Waals surface area contributed by atoms with Crippen molar-refractivity contribution in [1.29, 1.82) is 0 Å². The van der Waals surface area contributed by atoms with Crippen LogP contribution in [0.4, 0.5) is 5.69 Å². The summed E-state index contributed by atoms with van der Waals surface area (Å²) in [6, 6.07) is 15.1. The van der Waals surface area contributed by atoms with Crippen molar-refractivity contribution < 1.29 is 19.1 Å². The van der Waals surface area contributed by atoms with Gasteiger partial charge in [0.25, 0.3) is 0 Å². The Kier molecular flexibility index (Phi) is 4.92. The minimum absolute atomic E-state index is 0.0903. The van der Waals surface area contributed by atoms with Gasteiger partial charge in [-0.15, -0.1) is 0 Å². The highest BCUT2D eigenvalue weighted by molar-refractivity contribution is 6.10. The van der Waals surface area contributed by atoms with Gasteiger partial charge in [-0.3, -0.25) is 14.4 Å². The monoisotopic (exact) mass is 390 g/mol. The predicted molar refractivity (Wildman–Crippen MR) is 110 cm³/mol. The minimum atomic E-state index is -0.569. The van der Waals surface area contributed by atoms with Crippen molar-refractivity contribution >= 4 is 34.3 Å². The smallest absolute Gasteiger partial charge is 0.311 e. The average molecular weight is 390 g/mol. The summed E-state index contributed by atoms with van der Waals surface area (Å²) in [5, 5.41) is 0.813. The quantitative estimate of drug-likeness (QED) is 0.534. The number of esters is 1. The van der Waals surface area contributed by atoms with Gasteiger partial charge in [0.2, 0.25) is 11.7 Å². The number of hydrogen-bond acceptors (Lipinski definition) is 4. The molecule has 0 saturated carbocycles. The number of nitrogens with zero attached hydrogens (tertiary/aromatic N) is 1. The van der Waals surface area contributed by atoms with Crippen LogP contribution in [-0.4, -0.2) is 35.8 Å². The molecule has 1 fully saturated rings. The van der Waals surface area contributed by atoms with Gasteiger partial charge in [0.05, 0.1) is 5.92 Å². The lowest BCUT2D eigenvalue weighted by Gasteiger charge is -2.16. The summed E-state index contributed by atoms with van der Waals surface area (Å²) in [7, 11) is 0. The number of rotatable bonds is 5. The molecule has 29 heavy (non-hydrogen) atoms. The first-order valence-corrected chi connectivity index (χ1v) is 9.58. The molecule has 0 spiro atoms. The molecule has 0 unspecified atom stereocenters. The molecule has 1 aliphatic heterocycles. The maximum Gasteiger partial charge on any atom is 0.311 e. The maximum absolute atomic E-state index is 12.7. The number of aromatic amines is 1. The molecule has 2 aromatic carbocycles. The number of carbonyl (C=O) groups excluding carboxylic acids is 3. The first-order chi connectivity index (χ1) is 13.9. The number of ether oxygens (including phenoxy) is 1. The Balaban J connectivity index is 1.41. The zero-order valence-electron chi connectivity index (χ0n) is 16.4. The molecule has 6 heteroatoms. The molecular weight excluding hydrogens is 368 g/mol. The number of amides is 1. The van der Waals surface area contributed by atoms with E-state index in [0.29, 0.717) is 5.56 Å². The minimum Gasteiger partial charge on any atom is -0.457 e. The van der Waals surface area contributed by atoms with Crippen LogP contribution in [0.15, 0.2) is 48.5 Å². The SMILES string of the molecule is Cc1ccc(N2C[C@H](C(=O)OCC(=O)c3c(C)[nH]c4ccccc34)CC2=O)cc1. The third kappa shape index (κ3) is 3.66. The van der Waals surface area contributed by atoms with Gasteiger partial charge in [0, 0.05) is 40.8 Å². The normalized spacial score (nSPS) is 16.4. The molecule has 1 aliphatic rings. The molecular formula is C23H22N2O4. The van der Waals surface area contributed by atoms with E-state index in [9.17, 15) is 14.4 Å². The van der Waals surface area contributed by atoms with Crippen LogP contribution in [0.1, 0.15) is 28.0 Å². The van der Waals surface area contributed by atoms with E-state index in [0.717, 1.165) is 27.8 Å². The number of nitrogens with one attached hydrogen (secondary N) is 1. The highest BCUT2D eigenvalue weighted by atomic mass is 16.5. The van der Waals surface area contributed by atoms with Crippen LogP contribution in [0.25, 0.3) is 10.9 Å². The lowest BCUT2D eigenvalue weighted by molar-refractivity contribution is -0.147. The summed E-state index contributed by atoms with van der Waals surface area (Å²) in [6.07, 6.45) is 0.0903. The van der Waals surface area contributed by atoms with Crippen molar-refractivity contribution in [3.8, 4) is 0 Å². The molecule has 1 N–H and O–H groups in total. The van der Waals surface area contributed by atoms with E-state index in [1.165, 1.54) is 0 Å². The number of fused-ring (bicyclic) bond motifs is 1. The van der Waals surface area contributed by atoms with E-state index >= 15 is 0 Å². The van der Waals surface area contributed by atoms with E-state index in [2.05, 4.69) is 4.98 Å². The fourth-order valence-electron chi connectivity index (χ4n) is 3.80. The standard InChI is InChI=1S/C23H22N2O4/c1-14-7-9-17(10-8-14)25-12-16(11-21(25)27)23(28)29-13-20(26)22-15(2)24-19-6-4-3-5-18(19)22/h3-10,16,24H,11-13H2,1-2H3/t16-/m1/s1. The Morgan fingerprint density at radius 1 is 1.10 bits per heavy atom. The topological polar surface area (TPSA) is 79.5 Å². The number of para-hydroxylation sites is 1. The Morgan fingerprint density at radius 2 is 1.83 bits per heavy atom. The second-order valence-corrected chi connectivity index (χ2v) is 7.44. The molecule has 1 amide bonds. The molecule has 0 aliphatic carbocycles. The fraction of sp³-hybridized carbons (Fsp3) is 0.261. The van der Waals surface area contributed by atoms with Crippen molar-refractivity contribution in [3.63, 3.8) is 0 Å². The van der Waals surface area contributed by atoms with Crippen molar-refractivity contribution in [2.24, 2.45) is 5.92 Å². The third-order valence-corrected chi connectivity index (χ3v) is 5.32. The summed E-state index contributed by atoms with van der Waals surface area (Å²) >= 11 is 0. The Hall–Kier alpha value is -3.41. The summed E-state index contributed by atoms with van der Waals surface area (Å²) in [5.41, 5.74) is 4.02. The molecule has 6 nitrogen and oxygen atoms in total. The number of H-pyrrole nitrogens is 1. The highest BCUT2D eigenvalue weighted by Crippen LogP contribution is 2.27. The van der Waals surface area contributed by atoms with Crippen molar-refractivity contribution in [1.82, 2.24) is 4.98 Å². The predicted octanol–water partition coefficient (Wildman–Crippen LogP) is 3.56. The number of anilines is 1. The Morgan fingerprint density at radius 3 is 2.59 bits per heavy atom. The van der Waals surface area contributed by atoms with Gasteiger partial charge in [0.1, 0.15) is 0 Å². The lowest BCUT2D eigenvalue weighted by atomic mass is 10.1. The van der Waals surface area contributed by atoms with Gasteiger partial charge in [-0.25, -0.2) is 0 Å². The first kappa shape index (κ1) is 18.9. The molecule has 0 radical (unpaired) electrons. The van der Waals surface area contributed by atoms with Gasteiger partial charge in [-0.1, -0.05) is 35.9 Å². The first-order valence-electron chi connectivity index (χ1n) is 9.58. The number of benzene rings is 2. The zero-order chi connectivity index (χ0) is 20.5. The number of aryl methyl sites for hydroxylation is 2. The number of ketones is 1. The van der Waals surface area contributed by atoms with Gasteiger partial charge in [-0.05, 0) is 32.0 Å². The van der Waals surface area contributed by atoms with Crippen LogP contribution in [0.2, 0.25) is 0 Å². The molecule has 1 saturated heterocycles. The van der Waals surface area contributed by atoms with Crippen molar-refractivity contribution in [2.75, 3.05) is 18.1 Å². The zero-order valence-corrected chi connectivity index (χ0v) is 16.4. The van der Waals surface area contributed by atoms with Gasteiger partial charge >= 0.3 is 5.97 Å². The third-order valence-electron chi connectivity index (χ3n) is 5.32. The van der Waals surface area contributed by atoms with Crippen LogP contribution in [-0.2, 0) is 14.3 Å². The molecule has 148 valence electrons. The molecule has 1 atom stereocenters. The van der Waals surface area contributed by atoms with Crippen molar-refractivity contribution in [3.05, 3.63) is 65.4 Å². The second-order valence-electron chi connectivity index (χ2n) is 7.44. The van der Waals surface area contributed by atoms with E-state index in [1.807, 2.05) is 62.4 Å². The number of carbonyl (C=O) groups is 3. The molecule has 1 aromatic heterocycles. The number of Topliss-reactive ketones (excluding diaryl/α,β-unsaturated/α-hetero) is 1. The van der Waals surface area contributed by atoms with Gasteiger partial charge in [0.15, 0.2) is 6.61 Å². The average Bonchev–Trinajstić information content (AvgIpc) is 3.26. The summed E-state index contributed by atoms with van der Waals surface area (Å²) in [4.78, 5) is 42.3. The lowest BCUT2D eigenvalue weighted by Crippen LogP contribution is -2.27. The highest BCUT2D eigenvalue weighted by Gasteiger charge is 2.36. The molecule has 4 rings (SSSR count). The van der Waals surface area contributed by atoms with Crippen molar-refractivity contribution in [2.45, 2.75) is 20.3 Å². The Bertz CT molecular complexity index is 1100. The van der Waals surface area contributed by atoms with Gasteiger partial charge in [-0.2, -0.15) is 0 Å². The van der Waals surface area contributed by atoms with Crippen LogP contribution >= 0.6 is 0 Å². The van der Waals surface area contributed by atoms with Gasteiger partial charge < -0.3 is 14.6 Å². The maximum atomic E-state index is 12.7. The van der Waals surface area contributed by atoms with E-state index in [-0.39, 0.29) is 31.3 Å². The van der Waals surface area contributed by atoms with Crippen LogP contribution < -0.4 is 4.90 Å². The molecule has 3 aromatic rings. The molecule has 0 bridgehead atoms. The van der Waals surface area contributed by atoms with Crippen LogP contribution in [0.5, 0.6) is 0 Å². The fourth-order valence-corrected chi connectivity index (χ4v) is 3.80. The number of hydrogen-bond donors (Lipinski definition) is 1. The van der Waals surface area contributed by atoms with E-state index in [4.69, 9.17) is 4.74 Å². The Labute approximate surface area is 168 Å². The second kappa shape index (κ2) is 7.54. The van der Waals surface area contributed by atoms with E-state index < -0.39 is 11.9 Å². The summed E-state index contributed by atoms with van der Waals surface area (Å²) < 4.78 is 5.29. The number of aromatic nitrogens is 1. The van der Waals surface area contributed by atoms with Crippen LogP contribution in [0.3, 0.4) is 0 Å². The van der Waals surface area contributed by atoms with E-state index in [1.54, 1.807) is 4.90 Å². The largest absolute Gasteiger partial charge is 0.457 e. The van der Waals surface area contributed by atoms with Crippen LogP contribution in [0, 0.1) is 19.8 Å². The molecule has 2 heterocycles.